The van der Waals surface area contributed by atoms with E-state index in [2.05, 4.69) is 5.32 Å². The molecule has 0 bridgehead atoms. The highest BCUT2D eigenvalue weighted by molar-refractivity contribution is 7.92. The van der Waals surface area contributed by atoms with Crippen molar-refractivity contribution in [2.24, 2.45) is 0 Å². The summed E-state index contributed by atoms with van der Waals surface area (Å²) in [7, 11) is -0.917. The fourth-order valence-electron chi connectivity index (χ4n) is 2.80. The third kappa shape index (κ3) is 4.75. The fraction of sp³-hybridized carbons (Fsp3) is 0.136. The van der Waals surface area contributed by atoms with Gasteiger partial charge < -0.3 is 10.1 Å². The predicted octanol–water partition coefficient (Wildman–Crippen LogP) is 4.10. The average molecular weight is 445 g/mol. The Morgan fingerprint density at radius 1 is 1.03 bits per heavy atom. The summed E-state index contributed by atoms with van der Waals surface area (Å²) in [6.07, 6.45) is 0. The second kappa shape index (κ2) is 9.19. The van der Waals surface area contributed by atoms with Gasteiger partial charge >= 0.3 is 0 Å². The lowest BCUT2D eigenvalue weighted by atomic mass is 10.2. The van der Waals surface area contributed by atoms with Gasteiger partial charge in [-0.1, -0.05) is 41.9 Å². The molecule has 0 fully saturated rings. The molecule has 0 aliphatic carbocycles. The molecule has 0 unspecified atom stereocenters. The zero-order valence-corrected chi connectivity index (χ0v) is 18.1. The minimum Gasteiger partial charge on any atom is -0.497 e. The summed E-state index contributed by atoms with van der Waals surface area (Å²) in [5, 5.41) is 2.94. The number of methoxy groups -OCH3 is 1. The lowest BCUT2D eigenvalue weighted by molar-refractivity contribution is 0.0951. The van der Waals surface area contributed by atoms with Crippen molar-refractivity contribution in [1.82, 2.24) is 5.32 Å². The third-order valence-corrected chi connectivity index (χ3v) is 6.68. The summed E-state index contributed by atoms with van der Waals surface area (Å²) in [6.45, 7) is 0.304. The van der Waals surface area contributed by atoms with Gasteiger partial charge in [-0.05, 0) is 48.0 Å². The first-order valence-corrected chi connectivity index (χ1v) is 10.9. The Labute approximate surface area is 181 Å². The molecule has 30 heavy (non-hydrogen) atoms. The third-order valence-electron chi connectivity index (χ3n) is 4.57. The molecule has 0 saturated carbocycles. The number of carbonyl (C=O) groups excluding carboxylic acids is 1. The largest absolute Gasteiger partial charge is 0.497 e. The van der Waals surface area contributed by atoms with Gasteiger partial charge in [0.25, 0.3) is 15.9 Å². The van der Waals surface area contributed by atoms with E-state index in [1.165, 1.54) is 32.4 Å². The van der Waals surface area contributed by atoms with E-state index in [-0.39, 0.29) is 15.5 Å². The minimum absolute atomic E-state index is 0.0323. The second-order valence-electron chi connectivity index (χ2n) is 6.48. The highest BCUT2D eigenvalue weighted by atomic mass is 35.5. The maximum Gasteiger partial charge on any atom is 0.264 e. The monoisotopic (exact) mass is 444 g/mol. The van der Waals surface area contributed by atoms with Crippen molar-refractivity contribution in [3.8, 4) is 5.75 Å². The van der Waals surface area contributed by atoms with E-state index in [1.807, 2.05) is 30.3 Å². The molecule has 0 aromatic heterocycles. The van der Waals surface area contributed by atoms with Crippen molar-refractivity contribution >= 4 is 33.2 Å². The molecule has 0 aliphatic rings. The van der Waals surface area contributed by atoms with Gasteiger partial charge in [0.1, 0.15) is 5.75 Å². The van der Waals surface area contributed by atoms with E-state index in [1.54, 1.807) is 24.3 Å². The Morgan fingerprint density at radius 2 is 1.70 bits per heavy atom. The van der Waals surface area contributed by atoms with Crippen LogP contribution in [-0.2, 0) is 16.6 Å². The van der Waals surface area contributed by atoms with Crippen molar-refractivity contribution in [3.05, 3.63) is 88.9 Å². The van der Waals surface area contributed by atoms with Crippen LogP contribution in [0.4, 0.5) is 5.69 Å². The van der Waals surface area contributed by atoms with Gasteiger partial charge in [-0.15, -0.1) is 0 Å². The summed E-state index contributed by atoms with van der Waals surface area (Å²) in [5.41, 5.74) is 1.47. The molecule has 1 N–H and O–H groups in total. The highest BCUT2D eigenvalue weighted by Gasteiger charge is 2.24. The van der Waals surface area contributed by atoms with Crippen molar-refractivity contribution in [1.29, 1.82) is 0 Å². The molecule has 0 heterocycles. The van der Waals surface area contributed by atoms with Crippen LogP contribution in [0.2, 0.25) is 5.02 Å². The number of nitrogens with one attached hydrogen (secondary N) is 1. The van der Waals surface area contributed by atoms with Crippen LogP contribution in [-0.4, -0.2) is 28.5 Å². The van der Waals surface area contributed by atoms with Crippen LogP contribution in [0.5, 0.6) is 5.75 Å². The van der Waals surface area contributed by atoms with Gasteiger partial charge in [-0.3, -0.25) is 9.10 Å². The van der Waals surface area contributed by atoms with E-state index < -0.39 is 15.9 Å². The molecule has 0 spiro atoms. The molecule has 3 aromatic rings. The SMILES string of the molecule is COc1ccc(N(C)S(=O)(=O)c2ccc(Cl)c(C(=O)NCc3ccccc3)c2)cc1. The smallest absolute Gasteiger partial charge is 0.264 e. The van der Waals surface area contributed by atoms with E-state index >= 15 is 0 Å². The molecule has 3 aromatic carbocycles. The predicted molar refractivity (Wildman–Crippen MR) is 118 cm³/mol. The number of carbonyl (C=O) groups is 1. The van der Waals surface area contributed by atoms with Crippen LogP contribution in [0.25, 0.3) is 0 Å². The lowest BCUT2D eigenvalue weighted by Crippen LogP contribution is -2.27. The van der Waals surface area contributed by atoms with Crippen LogP contribution in [0, 0.1) is 0 Å². The molecule has 1 amide bonds. The molecule has 6 nitrogen and oxygen atoms in total. The molecule has 0 atom stereocenters. The van der Waals surface area contributed by atoms with Gasteiger partial charge in [0.2, 0.25) is 0 Å². The van der Waals surface area contributed by atoms with Crippen LogP contribution in [0.15, 0.2) is 77.7 Å². The molecule has 156 valence electrons. The van der Waals surface area contributed by atoms with E-state index in [9.17, 15) is 13.2 Å². The Kier molecular flexibility index (Phi) is 6.64. The zero-order chi connectivity index (χ0) is 21.7. The maximum atomic E-state index is 13.1. The number of rotatable bonds is 7. The number of hydrogen-bond acceptors (Lipinski definition) is 4. The first kappa shape index (κ1) is 21.7. The van der Waals surface area contributed by atoms with Gasteiger partial charge in [0.15, 0.2) is 0 Å². The van der Waals surface area contributed by atoms with Crippen LogP contribution >= 0.6 is 11.6 Å². The summed E-state index contributed by atoms with van der Waals surface area (Å²) in [4.78, 5) is 12.6. The first-order valence-electron chi connectivity index (χ1n) is 9.07. The number of halogens is 1. The van der Waals surface area contributed by atoms with Gasteiger partial charge in [0.05, 0.1) is 28.3 Å². The summed E-state index contributed by atoms with van der Waals surface area (Å²) in [5.74, 6) is 0.168. The molecular weight excluding hydrogens is 424 g/mol. The topological polar surface area (TPSA) is 75.7 Å². The molecule has 0 saturated heterocycles. The molecule has 3 rings (SSSR count). The van der Waals surface area contributed by atoms with Crippen molar-refractivity contribution in [2.75, 3.05) is 18.5 Å². The van der Waals surface area contributed by atoms with Crippen LogP contribution < -0.4 is 14.4 Å². The first-order chi connectivity index (χ1) is 14.3. The average Bonchev–Trinajstić information content (AvgIpc) is 2.77. The second-order valence-corrected chi connectivity index (χ2v) is 8.86. The van der Waals surface area contributed by atoms with Crippen LogP contribution in [0.3, 0.4) is 0 Å². The zero-order valence-electron chi connectivity index (χ0n) is 16.5. The quantitative estimate of drug-likeness (QED) is 0.595. The van der Waals surface area contributed by atoms with Gasteiger partial charge in [-0.2, -0.15) is 0 Å². The summed E-state index contributed by atoms with van der Waals surface area (Å²) in [6, 6.07) is 20.1. The van der Waals surface area contributed by atoms with E-state index in [4.69, 9.17) is 16.3 Å². The lowest BCUT2D eigenvalue weighted by Gasteiger charge is -2.20. The Balaban J connectivity index is 1.84. The number of anilines is 1. The van der Waals surface area contributed by atoms with Crippen molar-refractivity contribution < 1.29 is 17.9 Å². The minimum atomic E-state index is -3.90. The number of ether oxygens (including phenoxy) is 1. The number of amides is 1. The van der Waals surface area contributed by atoms with E-state index in [0.29, 0.717) is 18.0 Å². The van der Waals surface area contributed by atoms with Gasteiger partial charge in [-0.25, -0.2) is 8.42 Å². The molecule has 0 radical (unpaired) electrons. The maximum absolute atomic E-state index is 13.1. The number of benzene rings is 3. The van der Waals surface area contributed by atoms with Gasteiger partial charge in [0, 0.05) is 13.6 Å². The van der Waals surface area contributed by atoms with Crippen molar-refractivity contribution in [3.63, 3.8) is 0 Å². The Morgan fingerprint density at radius 3 is 2.33 bits per heavy atom. The summed E-state index contributed by atoms with van der Waals surface area (Å²) >= 11 is 6.17. The van der Waals surface area contributed by atoms with Crippen molar-refractivity contribution in [2.45, 2.75) is 11.4 Å². The fourth-order valence-corrected chi connectivity index (χ4v) is 4.23. The summed E-state index contributed by atoms with van der Waals surface area (Å²) < 4.78 is 32.4. The molecular formula is C22H21ClN2O4S. The van der Waals surface area contributed by atoms with Crippen LogP contribution in [0.1, 0.15) is 15.9 Å². The highest BCUT2D eigenvalue weighted by Crippen LogP contribution is 2.27. The standard InChI is InChI=1S/C22H21ClN2O4S/c1-25(17-8-10-18(29-2)11-9-17)30(27,28)19-12-13-21(23)20(14-19)22(26)24-15-16-6-4-3-5-7-16/h3-14H,15H2,1-2H3,(H,24,26). The van der Waals surface area contributed by atoms with E-state index in [0.717, 1.165) is 9.87 Å². The number of sulfonamides is 1. The Bertz CT molecular complexity index is 1130. The molecule has 0 aliphatic heterocycles. The molecule has 8 heteroatoms. The normalized spacial score (nSPS) is 11.0. The number of nitrogens with zero attached hydrogens (tertiary/aromatic N) is 1. The number of hydrogen-bond donors (Lipinski definition) is 1. The Hall–Kier alpha value is -3.03.